The van der Waals surface area contributed by atoms with Gasteiger partial charge in [-0.15, -0.1) is 0 Å². The van der Waals surface area contributed by atoms with E-state index in [2.05, 4.69) is 5.32 Å². The molecular weight excluding hydrogens is 266 g/mol. The van der Waals surface area contributed by atoms with Crippen molar-refractivity contribution in [3.05, 3.63) is 29.6 Å². The zero-order valence-corrected chi connectivity index (χ0v) is 10.1. The molecule has 0 heterocycles. The molecule has 0 fully saturated rings. The Hall–Kier alpha value is -1.79. The number of halogens is 4. The Morgan fingerprint density at radius 2 is 2.05 bits per heavy atom. The van der Waals surface area contributed by atoms with Gasteiger partial charge in [-0.1, -0.05) is 0 Å². The fourth-order valence-corrected chi connectivity index (χ4v) is 1.53. The van der Waals surface area contributed by atoms with Gasteiger partial charge in [-0.3, -0.25) is 4.79 Å². The Labute approximate surface area is 107 Å². The van der Waals surface area contributed by atoms with Crippen LogP contribution in [0.5, 0.6) is 0 Å². The van der Waals surface area contributed by atoms with Gasteiger partial charge in [-0.25, -0.2) is 4.39 Å². The molecule has 2 N–H and O–H groups in total. The molecule has 1 unspecified atom stereocenters. The monoisotopic (exact) mass is 279 g/mol. The topological polar surface area (TPSA) is 49.3 Å². The standard InChI is InChI=1S/C12H13F4NO2/c1-7(2-5-11(18)19)17-8-3-4-10(13)9(6-8)12(14,15)16/h3-4,6-7,17H,2,5H2,1H3,(H,18,19). The first-order valence-corrected chi connectivity index (χ1v) is 5.55. The fourth-order valence-electron chi connectivity index (χ4n) is 1.53. The van der Waals surface area contributed by atoms with Crippen molar-refractivity contribution in [2.45, 2.75) is 32.0 Å². The molecule has 1 atom stereocenters. The summed E-state index contributed by atoms with van der Waals surface area (Å²) in [6, 6.07) is 2.26. The van der Waals surface area contributed by atoms with Crippen molar-refractivity contribution in [2.75, 3.05) is 5.32 Å². The predicted molar refractivity (Wildman–Crippen MR) is 61.4 cm³/mol. The molecule has 106 valence electrons. The van der Waals surface area contributed by atoms with Gasteiger partial charge in [0.2, 0.25) is 0 Å². The Morgan fingerprint density at radius 1 is 1.42 bits per heavy atom. The van der Waals surface area contributed by atoms with Gasteiger partial charge in [-0.2, -0.15) is 13.2 Å². The molecule has 19 heavy (non-hydrogen) atoms. The summed E-state index contributed by atoms with van der Waals surface area (Å²) < 4.78 is 50.5. The van der Waals surface area contributed by atoms with Crippen LogP contribution in [0.2, 0.25) is 0 Å². The second-order valence-electron chi connectivity index (χ2n) is 4.17. The maximum atomic E-state index is 13.0. The third-order valence-corrected chi connectivity index (χ3v) is 2.48. The van der Waals surface area contributed by atoms with Crippen LogP contribution < -0.4 is 5.32 Å². The number of rotatable bonds is 5. The molecule has 0 aromatic heterocycles. The smallest absolute Gasteiger partial charge is 0.419 e. The summed E-state index contributed by atoms with van der Waals surface area (Å²) in [6.45, 7) is 1.64. The molecule has 1 aromatic carbocycles. The maximum absolute atomic E-state index is 13.0. The van der Waals surface area contributed by atoms with E-state index in [0.29, 0.717) is 6.07 Å². The molecule has 0 aliphatic heterocycles. The average molecular weight is 279 g/mol. The Kier molecular flexibility index (Phi) is 4.74. The average Bonchev–Trinajstić information content (AvgIpc) is 2.27. The van der Waals surface area contributed by atoms with E-state index in [9.17, 15) is 22.4 Å². The van der Waals surface area contributed by atoms with Crippen LogP contribution in [0, 0.1) is 5.82 Å². The lowest BCUT2D eigenvalue weighted by molar-refractivity contribution is -0.140. The molecular formula is C12H13F4NO2. The van der Waals surface area contributed by atoms with Crippen molar-refractivity contribution >= 4 is 11.7 Å². The summed E-state index contributed by atoms with van der Waals surface area (Å²) in [5.74, 6) is -2.32. The molecule has 1 aromatic rings. The highest BCUT2D eigenvalue weighted by Gasteiger charge is 2.34. The van der Waals surface area contributed by atoms with E-state index in [4.69, 9.17) is 5.11 Å². The number of nitrogens with one attached hydrogen (secondary N) is 1. The highest BCUT2D eigenvalue weighted by atomic mass is 19.4. The van der Waals surface area contributed by atoms with E-state index < -0.39 is 23.5 Å². The molecule has 0 saturated heterocycles. The molecule has 0 aliphatic rings. The Bertz CT molecular complexity index is 460. The van der Waals surface area contributed by atoms with Crippen LogP contribution >= 0.6 is 0 Å². The van der Waals surface area contributed by atoms with Crippen molar-refractivity contribution in [1.82, 2.24) is 0 Å². The first-order chi connectivity index (χ1) is 8.70. The Morgan fingerprint density at radius 3 is 2.58 bits per heavy atom. The molecule has 0 spiro atoms. The number of hydrogen-bond donors (Lipinski definition) is 2. The van der Waals surface area contributed by atoms with Gasteiger partial charge >= 0.3 is 12.1 Å². The normalized spacial score (nSPS) is 13.1. The second-order valence-corrected chi connectivity index (χ2v) is 4.17. The highest BCUT2D eigenvalue weighted by molar-refractivity contribution is 5.66. The van der Waals surface area contributed by atoms with Gasteiger partial charge in [-0.05, 0) is 31.5 Å². The molecule has 7 heteroatoms. The summed E-state index contributed by atoms with van der Waals surface area (Å²) in [5, 5.41) is 11.2. The quantitative estimate of drug-likeness (QED) is 0.811. The number of carboxylic acid groups (broad SMARTS) is 1. The first kappa shape index (κ1) is 15.3. The van der Waals surface area contributed by atoms with Crippen molar-refractivity contribution < 1.29 is 27.5 Å². The van der Waals surface area contributed by atoms with Gasteiger partial charge in [0.1, 0.15) is 5.82 Å². The number of alkyl halides is 3. The van der Waals surface area contributed by atoms with Crippen LogP contribution in [0.1, 0.15) is 25.3 Å². The van der Waals surface area contributed by atoms with Crippen molar-refractivity contribution in [3.63, 3.8) is 0 Å². The van der Waals surface area contributed by atoms with E-state index in [0.717, 1.165) is 6.07 Å². The van der Waals surface area contributed by atoms with Crippen LogP contribution in [-0.2, 0) is 11.0 Å². The van der Waals surface area contributed by atoms with E-state index in [-0.39, 0.29) is 24.6 Å². The SMILES string of the molecule is CC(CCC(=O)O)Nc1ccc(F)c(C(F)(F)F)c1. The van der Waals surface area contributed by atoms with Crippen molar-refractivity contribution in [3.8, 4) is 0 Å². The van der Waals surface area contributed by atoms with Crippen molar-refractivity contribution in [1.29, 1.82) is 0 Å². The summed E-state index contributed by atoms with van der Waals surface area (Å²) in [4.78, 5) is 10.4. The van der Waals surface area contributed by atoms with Gasteiger partial charge < -0.3 is 10.4 Å². The minimum atomic E-state index is -4.76. The number of hydrogen-bond acceptors (Lipinski definition) is 2. The zero-order chi connectivity index (χ0) is 14.6. The van der Waals surface area contributed by atoms with E-state index >= 15 is 0 Å². The third-order valence-electron chi connectivity index (χ3n) is 2.48. The fraction of sp³-hybridized carbons (Fsp3) is 0.417. The molecule has 0 radical (unpaired) electrons. The lowest BCUT2D eigenvalue weighted by atomic mass is 10.1. The van der Waals surface area contributed by atoms with Gasteiger partial charge in [0, 0.05) is 18.2 Å². The number of anilines is 1. The number of carboxylic acids is 1. The molecule has 0 amide bonds. The second kappa shape index (κ2) is 5.90. The van der Waals surface area contributed by atoms with Gasteiger partial charge in [0.25, 0.3) is 0 Å². The summed E-state index contributed by atoms with van der Waals surface area (Å²) in [7, 11) is 0. The van der Waals surface area contributed by atoms with Gasteiger partial charge in [0.05, 0.1) is 5.56 Å². The summed E-state index contributed by atoms with van der Waals surface area (Å²) in [5.41, 5.74) is -1.24. The van der Waals surface area contributed by atoms with Crippen LogP contribution in [0.4, 0.5) is 23.2 Å². The largest absolute Gasteiger partial charge is 0.481 e. The minimum absolute atomic E-state index is 0.0957. The van der Waals surface area contributed by atoms with Crippen LogP contribution in [0.15, 0.2) is 18.2 Å². The van der Waals surface area contributed by atoms with Gasteiger partial charge in [0.15, 0.2) is 0 Å². The number of aliphatic carboxylic acids is 1. The van der Waals surface area contributed by atoms with E-state index in [1.807, 2.05) is 0 Å². The lowest BCUT2D eigenvalue weighted by Gasteiger charge is -2.16. The lowest BCUT2D eigenvalue weighted by Crippen LogP contribution is -2.17. The van der Waals surface area contributed by atoms with E-state index in [1.165, 1.54) is 6.07 Å². The van der Waals surface area contributed by atoms with Crippen molar-refractivity contribution in [2.24, 2.45) is 0 Å². The molecule has 0 bridgehead atoms. The van der Waals surface area contributed by atoms with Crippen LogP contribution in [0.25, 0.3) is 0 Å². The summed E-state index contributed by atoms with van der Waals surface area (Å²) >= 11 is 0. The highest BCUT2D eigenvalue weighted by Crippen LogP contribution is 2.33. The molecule has 0 saturated carbocycles. The maximum Gasteiger partial charge on any atom is 0.419 e. The molecule has 3 nitrogen and oxygen atoms in total. The Balaban J connectivity index is 2.77. The zero-order valence-electron chi connectivity index (χ0n) is 10.1. The number of carbonyl (C=O) groups is 1. The minimum Gasteiger partial charge on any atom is -0.481 e. The first-order valence-electron chi connectivity index (χ1n) is 5.55. The summed E-state index contributed by atoms with van der Waals surface area (Å²) in [6.07, 6.45) is -4.60. The van der Waals surface area contributed by atoms with Crippen LogP contribution in [-0.4, -0.2) is 17.1 Å². The molecule has 0 aliphatic carbocycles. The van der Waals surface area contributed by atoms with Crippen LogP contribution in [0.3, 0.4) is 0 Å². The predicted octanol–water partition coefficient (Wildman–Crippen LogP) is 3.51. The third kappa shape index (κ3) is 4.76. The molecule has 1 rings (SSSR count). The van der Waals surface area contributed by atoms with E-state index in [1.54, 1.807) is 6.92 Å². The number of benzene rings is 1.